The van der Waals surface area contributed by atoms with Crippen molar-refractivity contribution in [2.45, 2.75) is 10.6 Å². The molecule has 0 radical (unpaired) electrons. The van der Waals surface area contributed by atoms with Gasteiger partial charge in [-0.2, -0.15) is 5.10 Å². The zero-order valence-corrected chi connectivity index (χ0v) is 12.2. The van der Waals surface area contributed by atoms with Gasteiger partial charge in [0.2, 0.25) is 0 Å². The van der Waals surface area contributed by atoms with E-state index < -0.39 is 5.91 Å². The quantitative estimate of drug-likeness (QED) is 0.333. The number of nitrogens with one attached hydrogen (secondary N) is 1. The summed E-state index contributed by atoms with van der Waals surface area (Å²) >= 11 is 1.59. The predicted octanol–water partition coefficient (Wildman–Crippen LogP) is 2.06. The second-order valence-electron chi connectivity index (χ2n) is 4.52. The minimum absolute atomic E-state index is 0.259. The lowest BCUT2D eigenvalue weighted by Crippen LogP contribution is -2.30. The van der Waals surface area contributed by atoms with Crippen LogP contribution in [-0.2, 0) is 12.8 Å². The fourth-order valence-corrected chi connectivity index (χ4v) is 3.07. The molecule has 7 heteroatoms. The van der Waals surface area contributed by atoms with Crippen molar-refractivity contribution < 1.29 is 9.21 Å². The Morgan fingerprint density at radius 1 is 1.48 bits per heavy atom. The third-order valence-corrected chi connectivity index (χ3v) is 4.08. The number of hydrogen-bond donors (Lipinski definition) is 2. The van der Waals surface area contributed by atoms with Crippen LogP contribution in [0.2, 0.25) is 0 Å². The van der Waals surface area contributed by atoms with Crippen LogP contribution >= 0.6 is 11.8 Å². The lowest BCUT2D eigenvalue weighted by molar-refractivity contribution is 0.0927. The van der Waals surface area contributed by atoms with Crippen LogP contribution in [0.25, 0.3) is 11.0 Å². The van der Waals surface area contributed by atoms with Crippen LogP contribution in [0.1, 0.15) is 16.1 Å². The summed E-state index contributed by atoms with van der Waals surface area (Å²) in [6, 6.07) is 7.56. The van der Waals surface area contributed by atoms with E-state index in [2.05, 4.69) is 10.5 Å². The summed E-state index contributed by atoms with van der Waals surface area (Å²) in [6.45, 7) is 0. The molecule has 2 aromatic heterocycles. The number of thioether (sulfide) groups is 1. The van der Waals surface area contributed by atoms with Crippen molar-refractivity contribution in [3.05, 3.63) is 48.0 Å². The number of hydrazine groups is 1. The van der Waals surface area contributed by atoms with E-state index in [1.165, 1.54) is 0 Å². The Labute approximate surface area is 125 Å². The molecule has 0 spiro atoms. The van der Waals surface area contributed by atoms with Crippen LogP contribution < -0.4 is 11.3 Å². The van der Waals surface area contributed by atoms with Crippen molar-refractivity contribution in [2.24, 2.45) is 12.9 Å². The second kappa shape index (κ2) is 5.63. The monoisotopic (exact) mass is 302 g/mol. The van der Waals surface area contributed by atoms with Gasteiger partial charge in [-0.1, -0.05) is 18.2 Å². The van der Waals surface area contributed by atoms with E-state index in [-0.39, 0.29) is 5.76 Å². The molecule has 21 heavy (non-hydrogen) atoms. The van der Waals surface area contributed by atoms with Gasteiger partial charge in [0.05, 0.1) is 6.20 Å². The van der Waals surface area contributed by atoms with Crippen LogP contribution in [0.3, 0.4) is 0 Å². The molecule has 3 rings (SSSR count). The Morgan fingerprint density at radius 3 is 3.00 bits per heavy atom. The number of nitrogen functional groups attached to an aromatic ring is 1. The van der Waals surface area contributed by atoms with Crippen molar-refractivity contribution in [1.29, 1.82) is 0 Å². The van der Waals surface area contributed by atoms with E-state index in [1.807, 2.05) is 37.5 Å². The number of nitrogens with zero attached hydrogens (tertiary/aromatic N) is 2. The minimum Gasteiger partial charge on any atom is -0.451 e. The van der Waals surface area contributed by atoms with Gasteiger partial charge in [0.15, 0.2) is 5.76 Å². The number of benzene rings is 1. The molecule has 108 valence electrons. The van der Waals surface area contributed by atoms with Crippen molar-refractivity contribution in [2.75, 3.05) is 0 Å². The maximum absolute atomic E-state index is 11.9. The van der Waals surface area contributed by atoms with Crippen molar-refractivity contribution >= 4 is 28.6 Å². The van der Waals surface area contributed by atoms with Gasteiger partial charge < -0.3 is 4.42 Å². The summed E-state index contributed by atoms with van der Waals surface area (Å²) in [7, 11) is 1.87. The molecule has 0 aliphatic rings. The lowest BCUT2D eigenvalue weighted by atomic mass is 10.1. The molecule has 0 unspecified atom stereocenters. The van der Waals surface area contributed by atoms with Crippen LogP contribution in [0, 0.1) is 0 Å². The molecule has 0 aliphatic carbocycles. The summed E-state index contributed by atoms with van der Waals surface area (Å²) in [6.07, 6.45) is 3.71. The summed E-state index contributed by atoms with van der Waals surface area (Å²) in [5, 5.41) is 5.05. The molecule has 6 nitrogen and oxygen atoms in total. The maximum atomic E-state index is 11.9. The summed E-state index contributed by atoms with van der Waals surface area (Å²) in [5.41, 5.74) is 3.64. The number of rotatable bonds is 4. The number of para-hydroxylation sites is 1. The van der Waals surface area contributed by atoms with Gasteiger partial charge in [0.1, 0.15) is 5.58 Å². The molecular weight excluding hydrogens is 288 g/mol. The van der Waals surface area contributed by atoms with E-state index >= 15 is 0 Å². The molecule has 0 saturated carbocycles. The highest BCUT2D eigenvalue weighted by Gasteiger charge is 2.19. The Morgan fingerprint density at radius 2 is 2.29 bits per heavy atom. The third kappa shape index (κ3) is 2.65. The van der Waals surface area contributed by atoms with E-state index in [9.17, 15) is 4.79 Å². The average molecular weight is 302 g/mol. The van der Waals surface area contributed by atoms with Gasteiger partial charge in [-0.15, -0.1) is 11.8 Å². The van der Waals surface area contributed by atoms with E-state index in [0.717, 1.165) is 15.8 Å². The Kier molecular flexibility index (Phi) is 3.68. The van der Waals surface area contributed by atoms with E-state index in [1.54, 1.807) is 22.6 Å². The molecule has 1 aromatic carbocycles. The summed E-state index contributed by atoms with van der Waals surface area (Å²) in [5.74, 6) is 5.66. The van der Waals surface area contributed by atoms with Gasteiger partial charge in [-0.3, -0.25) is 14.9 Å². The number of amides is 1. The van der Waals surface area contributed by atoms with Gasteiger partial charge in [-0.25, -0.2) is 5.84 Å². The molecular formula is C14H14N4O2S. The smallest absolute Gasteiger partial charge is 0.301 e. The summed E-state index contributed by atoms with van der Waals surface area (Å²) in [4.78, 5) is 12.9. The SMILES string of the molecule is Cn1cc(SCc2c(C(=O)NN)oc3ccccc23)cn1. The number of aryl methyl sites for hydroxylation is 1. The number of hydrogen-bond acceptors (Lipinski definition) is 5. The first kappa shape index (κ1) is 13.7. The Balaban J connectivity index is 1.96. The van der Waals surface area contributed by atoms with Crippen molar-refractivity contribution in [3.63, 3.8) is 0 Å². The standard InChI is InChI=1S/C14H14N4O2S/c1-18-7-9(6-16-18)21-8-11-10-4-2-3-5-12(10)20-13(11)14(19)17-15/h2-7H,8,15H2,1H3,(H,17,19). The van der Waals surface area contributed by atoms with Gasteiger partial charge in [-0.05, 0) is 6.07 Å². The largest absolute Gasteiger partial charge is 0.451 e. The molecule has 0 bridgehead atoms. The number of aromatic nitrogens is 2. The molecule has 3 N–H and O–H groups in total. The molecule has 0 fully saturated rings. The molecule has 3 aromatic rings. The molecule has 0 aliphatic heterocycles. The minimum atomic E-state index is -0.423. The van der Waals surface area contributed by atoms with Gasteiger partial charge in [0.25, 0.3) is 0 Å². The van der Waals surface area contributed by atoms with Crippen LogP contribution in [0.4, 0.5) is 0 Å². The molecule has 0 atom stereocenters. The number of carbonyl (C=O) groups is 1. The number of carbonyl (C=O) groups excluding carboxylic acids is 1. The van der Waals surface area contributed by atoms with Crippen LogP contribution in [0.5, 0.6) is 0 Å². The number of fused-ring (bicyclic) bond motifs is 1. The highest BCUT2D eigenvalue weighted by Crippen LogP contribution is 2.31. The lowest BCUT2D eigenvalue weighted by Gasteiger charge is -2.01. The number of furan rings is 1. The van der Waals surface area contributed by atoms with E-state index in [4.69, 9.17) is 10.3 Å². The molecule has 1 amide bonds. The van der Waals surface area contributed by atoms with E-state index in [0.29, 0.717) is 11.3 Å². The fraction of sp³-hybridized carbons (Fsp3) is 0.143. The third-order valence-electron chi connectivity index (χ3n) is 3.10. The van der Waals surface area contributed by atoms with Gasteiger partial charge in [0, 0.05) is 34.8 Å². The first-order valence-corrected chi connectivity index (χ1v) is 7.30. The predicted molar refractivity (Wildman–Crippen MR) is 80.6 cm³/mol. The zero-order chi connectivity index (χ0) is 14.8. The highest BCUT2D eigenvalue weighted by atomic mass is 32.2. The number of nitrogens with two attached hydrogens (primary N) is 1. The first-order valence-electron chi connectivity index (χ1n) is 6.32. The molecule has 0 saturated heterocycles. The highest BCUT2D eigenvalue weighted by molar-refractivity contribution is 7.98. The zero-order valence-electron chi connectivity index (χ0n) is 11.4. The van der Waals surface area contributed by atoms with Crippen molar-refractivity contribution in [3.8, 4) is 0 Å². The average Bonchev–Trinajstić information content (AvgIpc) is 3.07. The van der Waals surface area contributed by atoms with Gasteiger partial charge >= 0.3 is 5.91 Å². The van der Waals surface area contributed by atoms with Crippen molar-refractivity contribution in [1.82, 2.24) is 15.2 Å². The topological polar surface area (TPSA) is 86.1 Å². The molecule has 2 heterocycles. The van der Waals surface area contributed by atoms with Crippen LogP contribution in [0.15, 0.2) is 46.0 Å². The Hall–Kier alpha value is -2.25. The maximum Gasteiger partial charge on any atom is 0.301 e. The normalized spacial score (nSPS) is 11.0. The summed E-state index contributed by atoms with van der Waals surface area (Å²) < 4.78 is 7.36. The second-order valence-corrected chi connectivity index (χ2v) is 5.57. The Bertz CT molecular complexity index is 793. The first-order chi connectivity index (χ1) is 10.2. The van der Waals surface area contributed by atoms with Crippen LogP contribution in [-0.4, -0.2) is 15.7 Å². The fourth-order valence-electron chi connectivity index (χ4n) is 2.12.